The minimum atomic E-state index is -0.347. The van der Waals surface area contributed by atoms with Gasteiger partial charge in [0, 0.05) is 29.2 Å². The molecule has 0 saturated heterocycles. The van der Waals surface area contributed by atoms with E-state index in [1.165, 1.54) is 7.11 Å². The van der Waals surface area contributed by atoms with Gasteiger partial charge in [-0.2, -0.15) is 0 Å². The predicted molar refractivity (Wildman–Crippen MR) is 130 cm³/mol. The zero-order valence-corrected chi connectivity index (χ0v) is 18.4. The molecule has 2 aromatic carbocycles. The molecule has 0 spiro atoms. The molecule has 0 aliphatic carbocycles. The predicted octanol–water partition coefficient (Wildman–Crippen LogP) is 4.64. The Labute approximate surface area is 196 Å². The highest BCUT2D eigenvalue weighted by molar-refractivity contribution is 6.09. The molecule has 8 nitrogen and oxygen atoms in total. The number of fused-ring (bicyclic) bond motifs is 2. The summed E-state index contributed by atoms with van der Waals surface area (Å²) in [6.45, 7) is 0.380. The molecule has 5 rings (SSSR count). The van der Waals surface area contributed by atoms with Crippen LogP contribution in [0.15, 0.2) is 85.2 Å². The molecule has 1 aliphatic heterocycles. The Morgan fingerprint density at radius 3 is 2.53 bits per heavy atom. The average molecular weight is 451 g/mol. The number of benzene rings is 2. The van der Waals surface area contributed by atoms with Gasteiger partial charge in [0.15, 0.2) is 0 Å². The molecule has 0 atom stereocenters. The van der Waals surface area contributed by atoms with Crippen LogP contribution in [0.4, 0.5) is 22.9 Å². The summed E-state index contributed by atoms with van der Waals surface area (Å²) in [4.78, 5) is 36.4. The maximum absolute atomic E-state index is 13.5. The first-order chi connectivity index (χ1) is 16.6. The molecule has 168 valence electrons. The normalized spacial score (nSPS) is 12.0. The molecule has 34 heavy (non-hydrogen) atoms. The van der Waals surface area contributed by atoms with E-state index in [9.17, 15) is 9.59 Å². The van der Waals surface area contributed by atoms with Gasteiger partial charge in [0.25, 0.3) is 11.8 Å². The quantitative estimate of drug-likeness (QED) is 0.469. The van der Waals surface area contributed by atoms with E-state index in [1.807, 2.05) is 36.4 Å². The van der Waals surface area contributed by atoms with Crippen LogP contribution in [0.1, 0.15) is 26.3 Å². The van der Waals surface area contributed by atoms with Crippen molar-refractivity contribution in [1.82, 2.24) is 9.97 Å². The Morgan fingerprint density at radius 2 is 1.71 bits per heavy atom. The highest BCUT2D eigenvalue weighted by Crippen LogP contribution is 2.35. The third-order valence-electron chi connectivity index (χ3n) is 5.51. The lowest BCUT2D eigenvalue weighted by Crippen LogP contribution is -2.30. The first-order valence-corrected chi connectivity index (χ1v) is 10.7. The van der Waals surface area contributed by atoms with Crippen molar-refractivity contribution in [2.45, 2.75) is 6.54 Å². The number of methoxy groups -OCH3 is 1. The fraction of sp³-hybridized carbons (Fsp3) is 0.0769. The number of carbonyl (C=O) groups is 2. The van der Waals surface area contributed by atoms with Gasteiger partial charge in [-0.3, -0.25) is 9.59 Å². The van der Waals surface area contributed by atoms with Gasteiger partial charge in [0.2, 0.25) is 5.88 Å². The van der Waals surface area contributed by atoms with Crippen molar-refractivity contribution in [3.8, 4) is 5.88 Å². The van der Waals surface area contributed by atoms with Crippen LogP contribution in [0.25, 0.3) is 0 Å². The maximum Gasteiger partial charge on any atom is 0.261 e. The van der Waals surface area contributed by atoms with E-state index in [0.29, 0.717) is 23.4 Å². The minimum absolute atomic E-state index is 0.155. The topological polar surface area (TPSA) is 96.4 Å². The van der Waals surface area contributed by atoms with Gasteiger partial charge in [-0.15, -0.1) is 0 Å². The van der Waals surface area contributed by atoms with E-state index in [-0.39, 0.29) is 17.7 Å². The number of anilines is 4. The van der Waals surface area contributed by atoms with E-state index >= 15 is 0 Å². The van der Waals surface area contributed by atoms with Crippen molar-refractivity contribution in [1.29, 1.82) is 0 Å². The average Bonchev–Trinajstić information content (AvgIpc) is 3.05. The Balaban J connectivity index is 1.39. The molecule has 4 aromatic rings. The molecular formula is C26H21N5O3. The number of carbonyl (C=O) groups excluding carboxylic acids is 2. The number of aromatic nitrogens is 2. The number of hydrogen-bond donors (Lipinski definition) is 2. The van der Waals surface area contributed by atoms with Gasteiger partial charge in [0.05, 0.1) is 25.0 Å². The van der Waals surface area contributed by atoms with Crippen molar-refractivity contribution < 1.29 is 14.3 Å². The number of ether oxygens (including phenoxy) is 1. The molecule has 2 amide bonds. The molecule has 0 bridgehead atoms. The Hall–Kier alpha value is -4.72. The van der Waals surface area contributed by atoms with Crippen molar-refractivity contribution in [3.63, 3.8) is 0 Å². The smallest absolute Gasteiger partial charge is 0.261 e. The highest BCUT2D eigenvalue weighted by atomic mass is 16.5. The molecule has 8 heteroatoms. The zero-order valence-electron chi connectivity index (χ0n) is 18.4. The van der Waals surface area contributed by atoms with Crippen LogP contribution in [-0.2, 0) is 6.54 Å². The highest BCUT2D eigenvalue weighted by Gasteiger charge is 2.25. The van der Waals surface area contributed by atoms with Gasteiger partial charge in [-0.25, -0.2) is 9.97 Å². The standard InChI is InChI=1S/C26H21N5O3/c1-34-25-20(7-5-15-28-25)24(32)29-19-12-10-17(11-13-19)26(33)31-16-18-6-4-14-27-23(18)30-21-8-2-3-9-22(21)31/h2-15H,16H2,1H3,(H,27,30)(H,29,32). The van der Waals surface area contributed by atoms with Gasteiger partial charge < -0.3 is 20.3 Å². The van der Waals surface area contributed by atoms with Crippen LogP contribution >= 0.6 is 0 Å². The molecule has 1 aliphatic rings. The Bertz CT molecular complexity index is 1370. The summed E-state index contributed by atoms with van der Waals surface area (Å²) in [5, 5.41) is 6.14. The number of rotatable bonds is 4. The molecular weight excluding hydrogens is 430 g/mol. The Kier molecular flexibility index (Phi) is 5.61. The SMILES string of the molecule is COc1ncccc1C(=O)Nc1ccc(C(=O)N2Cc3cccnc3Nc3ccccc32)cc1. The zero-order chi connectivity index (χ0) is 23.5. The van der Waals surface area contributed by atoms with E-state index < -0.39 is 0 Å². The first kappa shape index (κ1) is 21.1. The number of amides is 2. The van der Waals surface area contributed by atoms with E-state index in [1.54, 1.807) is 53.7 Å². The van der Waals surface area contributed by atoms with Crippen molar-refractivity contribution >= 4 is 34.7 Å². The van der Waals surface area contributed by atoms with Gasteiger partial charge >= 0.3 is 0 Å². The summed E-state index contributed by atoms with van der Waals surface area (Å²) >= 11 is 0. The summed E-state index contributed by atoms with van der Waals surface area (Å²) in [5.74, 6) is 0.475. The summed E-state index contributed by atoms with van der Waals surface area (Å²) in [6.07, 6.45) is 3.28. The van der Waals surface area contributed by atoms with E-state index in [2.05, 4.69) is 20.6 Å². The molecule has 2 N–H and O–H groups in total. The second-order valence-corrected chi connectivity index (χ2v) is 7.64. The monoisotopic (exact) mass is 451 g/mol. The third-order valence-corrected chi connectivity index (χ3v) is 5.51. The number of nitrogens with zero attached hydrogens (tertiary/aromatic N) is 3. The minimum Gasteiger partial charge on any atom is -0.480 e. The van der Waals surface area contributed by atoms with Crippen LogP contribution in [-0.4, -0.2) is 28.9 Å². The lowest BCUT2D eigenvalue weighted by Gasteiger charge is -2.23. The number of hydrogen-bond acceptors (Lipinski definition) is 6. The number of nitrogens with one attached hydrogen (secondary N) is 2. The van der Waals surface area contributed by atoms with Crippen LogP contribution in [0.5, 0.6) is 5.88 Å². The fourth-order valence-electron chi connectivity index (χ4n) is 3.83. The van der Waals surface area contributed by atoms with Crippen molar-refractivity contribution in [3.05, 3.63) is 102 Å². The first-order valence-electron chi connectivity index (χ1n) is 10.7. The summed E-state index contributed by atoms with van der Waals surface area (Å²) < 4.78 is 5.15. The lowest BCUT2D eigenvalue weighted by molar-refractivity contribution is 0.0984. The Morgan fingerprint density at radius 1 is 0.941 bits per heavy atom. The second kappa shape index (κ2) is 9.03. The summed E-state index contributed by atoms with van der Waals surface area (Å²) in [5.41, 5.74) is 3.88. The molecule has 0 unspecified atom stereocenters. The van der Waals surface area contributed by atoms with E-state index in [4.69, 9.17) is 4.74 Å². The third kappa shape index (κ3) is 4.04. The van der Waals surface area contributed by atoms with Crippen LogP contribution in [0.3, 0.4) is 0 Å². The van der Waals surface area contributed by atoms with Crippen LogP contribution in [0, 0.1) is 0 Å². The number of para-hydroxylation sites is 2. The molecule has 0 fully saturated rings. The fourth-order valence-corrected chi connectivity index (χ4v) is 3.83. The van der Waals surface area contributed by atoms with Crippen molar-refractivity contribution in [2.75, 3.05) is 22.6 Å². The molecule has 0 saturated carbocycles. The second-order valence-electron chi connectivity index (χ2n) is 7.64. The largest absolute Gasteiger partial charge is 0.480 e. The summed E-state index contributed by atoms with van der Waals surface area (Å²) in [6, 6.07) is 21.5. The molecule has 3 heterocycles. The number of pyridine rings is 2. The molecule has 0 radical (unpaired) electrons. The van der Waals surface area contributed by atoms with Gasteiger partial charge in [-0.1, -0.05) is 18.2 Å². The maximum atomic E-state index is 13.5. The lowest BCUT2D eigenvalue weighted by atomic mass is 10.1. The van der Waals surface area contributed by atoms with Crippen molar-refractivity contribution in [2.24, 2.45) is 0 Å². The van der Waals surface area contributed by atoms with Crippen LogP contribution in [0.2, 0.25) is 0 Å². The summed E-state index contributed by atoms with van der Waals surface area (Å²) in [7, 11) is 1.46. The van der Waals surface area contributed by atoms with Crippen LogP contribution < -0.4 is 20.3 Å². The van der Waals surface area contributed by atoms with Gasteiger partial charge in [0.1, 0.15) is 11.4 Å². The van der Waals surface area contributed by atoms with E-state index in [0.717, 1.165) is 22.8 Å². The van der Waals surface area contributed by atoms with Gasteiger partial charge in [-0.05, 0) is 54.6 Å². The molecule has 2 aromatic heterocycles.